The van der Waals surface area contributed by atoms with E-state index < -0.39 is 0 Å². The lowest BCUT2D eigenvalue weighted by Crippen LogP contribution is -2.37. The van der Waals surface area contributed by atoms with E-state index in [1.165, 1.54) is 5.56 Å². The molecule has 1 aromatic rings. The van der Waals surface area contributed by atoms with E-state index in [2.05, 4.69) is 55.5 Å². The third-order valence-electron chi connectivity index (χ3n) is 2.66. The van der Waals surface area contributed by atoms with Crippen LogP contribution in [-0.2, 0) is 6.42 Å². The molecule has 114 valence electrons. The van der Waals surface area contributed by atoms with Crippen LogP contribution >= 0.6 is 24.0 Å². The fourth-order valence-electron chi connectivity index (χ4n) is 1.66. The van der Waals surface area contributed by atoms with Gasteiger partial charge in [-0.2, -0.15) is 0 Å². The Bertz CT molecular complexity index is 424. The summed E-state index contributed by atoms with van der Waals surface area (Å²) in [6.45, 7) is 10.0. The number of rotatable bonds is 5. The summed E-state index contributed by atoms with van der Waals surface area (Å²) >= 11 is 0. The molecule has 4 nitrogen and oxygen atoms in total. The Balaban J connectivity index is 0.00000361. The van der Waals surface area contributed by atoms with Gasteiger partial charge in [0.2, 0.25) is 0 Å². The minimum atomic E-state index is 0. The third-order valence-corrected chi connectivity index (χ3v) is 2.66. The quantitative estimate of drug-likeness (QED) is 0.314. The van der Waals surface area contributed by atoms with Crippen molar-refractivity contribution < 1.29 is 0 Å². The summed E-state index contributed by atoms with van der Waals surface area (Å²) in [6, 6.07) is 8.21. The lowest BCUT2D eigenvalue weighted by Gasteiger charge is -2.19. The lowest BCUT2D eigenvalue weighted by atomic mass is 10.1. The monoisotopic (exact) mass is 390 g/mol. The minimum absolute atomic E-state index is 0. The van der Waals surface area contributed by atoms with Crippen LogP contribution < -0.4 is 16.4 Å². The molecule has 0 bridgehead atoms. The fraction of sp³-hybridized carbons (Fsp3) is 0.533. The summed E-state index contributed by atoms with van der Waals surface area (Å²) in [4.78, 5) is 4.30. The van der Waals surface area contributed by atoms with Gasteiger partial charge in [-0.1, -0.05) is 19.1 Å². The zero-order chi connectivity index (χ0) is 14.3. The summed E-state index contributed by atoms with van der Waals surface area (Å²) in [5.74, 6) is 0.462. The first kappa shape index (κ1) is 19.2. The van der Waals surface area contributed by atoms with E-state index in [-0.39, 0.29) is 29.5 Å². The standard InChI is InChI=1S/C15H26N4.HI/c1-5-12-7-6-8-13(11-12)19-14(16)17-9-10-18-15(2,3)4;/h6-8,11,18H,5,9-10H2,1-4H3,(H3,16,17,19);1H. The molecule has 0 aliphatic heterocycles. The molecule has 0 unspecified atom stereocenters. The molecule has 5 heteroatoms. The number of benzene rings is 1. The van der Waals surface area contributed by atoms with E-state index >= 15 is 0 Å². The van der Waals surface area contributed by atoms with Gasteiger partial charge >= 0.3 is 0 Å². The maximum absolute atomic E-state index is 5.86. The number of guanidine groups is 1. The molecule has 0 saturated carbocycles. The Morgan fingerprint density at radius 1 is 1.30 bits per heavy atom. The Morgan fingerprint density at radius 3 is 2.60 bits per heavy atom. The van der Waals surface area contributed by atoms with Crippen molar-refractivity contribution in [1.82, 2.24) is 5.32 Å². The number of hydrogen-bond acceptors (Lipinski definition) is 2. The third kappa shape index (κ3) is 8.37. The summed E-state index contributed by atoms with van der Waals surface area (Å²) < 4.78 is 0. The molecule has 1 rings (SSSR count). The van der Waals surface area contributed by atoms with Crippen LogP contribution in [-0.4, -0.2) is 24.6 Å². The maximum atomic E-state index is 5.86. The average molecular weight is 390 g/mol. The number of nitrogens with one attached hydrogen (secondary N) is 2. The maximum Gasteiger partial charge on any atom is 0.193 e. The molecular weight excluding hydrogens is 363 g/mol. The molecule has 0 heterocycles. The van der Waals surface area contributed by atoms with Gasteiger partial charge in [0.25, 0.3) is 0 Å². The highest BCUT2D eigenvalue weighted by Gasteiger charge is 2.06. The highest BCUT2D eigenvalue weighted by Crippen LogP contribution is 2.10. The van der Waals surface area contributed by atoms with Crippen LogP contribution in [0.25, 0.3) is 0 Å². The molecule has 20 heavy (non-hydrogen) atoms. The Kier molecular flexibility index (Phi) is 8.80. The topological polar surface area (TPSA) is 62.4 Å². The molecule has 0 aliphatic carbocycles. The van der Waals surface area contributed by atoms with E-state index in [0.717, 1.165) is 18.7 Å². The van der Waals surface area contributed by atoms with Crippen molar-refractivity contribution in [2.45, 2.75) is 39.7 Å². The molecule has 0 radical (unpaired) electrons. The Morgan fingerprint density at radius 2 is 2.00 bits per heavy atom. The first-order chi connectivity index (χ1) is 8.90. The van der Waals surface area contributed by atoms with Gasteiger partial charge in [-0.05, 0) is 44.9 Å². The highest BCUT2D eigenvalue weighted by molar-refractivity contribution is 14.0. The molecule has 0 aromatic heterocycles. The SMILES string of the molecule is CCc1cccc(NC(N)=NCCNC(C)(C)C)c1.I. The fourth-order valence-corrected chi connectivity index (χ4v) is 1.66. The minimum Gasteiger partial charge on any atom is -0.370 e. The van der Waals surface area contributed by atoms with Crippen LogP contribution in [0.1, 0.15) is 33.3 Å². The van der Waals surface area contributed by atoms with E-state index in [4.69, 9.17) is 5.73 Å². The van der Waals surface area contributed by atoms with Gasteiger partial charge in [-0.3, -0.25) is 4.99 Å². The molecule has 0 amide bonds. The van der Waals surface area contributed by atoms with Crippen LogP contribution in [0.4, 0.5) is 5.69 Å². The molecule has 0 saturated heterocycles. The van der Waals surface area contributed by atoms with Gasteiger partial charge in [0.15, 0.2) is 5.96 Å². The van der Waals surface area contributed by atoms with Gasteiger partial charge in [0, 0.05) is 17.8 Å². The average Bonchev–Trinajstić information content (AvgIpc) is 2.34. The van der Waals surface area contributed by atoms with E-state index in [0.29, 0.717) is 12.5 Å². The van der Waals surface area contributed by atoms with Crippen molar-refractivity contribution >= 4 is 35.6 Å². The number of hydrogen-bond donors (Lipinski definition) is 3. The van der Waals surface area contributed by atoms with Crippen LogP contribution in [0.5, 0.6) is 0 Å². The predicted molar refractivity (Wildman–Crippen MR) is 99.1 cm³/mol. The molecule has 0 aliphatic rings. The van der Waals surface area contributed by atoms with Crippen molar-refractivity contribution in [2.24, 2.45) is 10.7 Å². The molecule has 0 spiro atoms. The van der Waals surface area contributed by atoms with E-state index in [9.17, 15) is 0 Å². The van der Waals surface area contributed by atoms with E-state index in [1.807, 2.05) is 12.1 Å². The largest absolute Gasteiger partial charge is 0.370 e. The molecular formula is C15H27IN4. The van der Waals surface area contributed by atoms with Gasteiger partial charge in [-0.25, -0.2) is 0 Å². The van der Waals surface area contributed by atoms with Crippen LogP contribution in [0.15, 0.2) is 29.3 Å². The zero-order valence-corrected chi connectivity index (χ0v) is 15.2. The normalized spacial score (nSPS) is 11.9. The first-order valence-corrected chi connectivity index (χ1v) is 6.81. The summed E-state index contributed by atoms with van der Waals surface area (Å²) in [5.41, 5.74) is 8.25. The zero-order valence-electron chi connectivity index (χ0n) is 12.9. The van der Waals surface area contributed by atoms with Crippen molar-refractivity contribution in [3.05, 3.63) is 29.8 Å². The van der Waals surface area contributed by atoms with Gasteiger partial charge in [-0.15, -0.1) is 24.0 Å². The van der Waals surface area contributed by atoms with Gasteiger partial charge in [0.1, 0.15) is 0 Å². The van der Waals surface area contributed by atoms with Crippen molar-refractivity contribution in [3.63, 3.8) is 0 Å². The van der Waals surface area contributed by atoms with Crippen LogP contribution in [0, 0.1) is 0 Å². The number of anilines is 1. The molecule has 0 fully saturated rings. The number of nitrogens with zero attached hydrogens (tertiary/aromatic N) is 1. The second-order valence-corrected chi connectivity index (χ2v) is 5.62. The second kappa shape index (κ2) is 9.18. The number of aliphatic imine (C=N–C) groups is 1. The molecule has 0 atom stereocenters. The molecule has 4 N–H and O–H groups in total. The predicted octanol–water partition coefficient (Wildman–Crippen LogP) is 2.98. The lowest BCUT2D eigenvalue weighted by molar-refractivity contribution is 0.433. The number of nitrogens with two attached hydrogens (primary N) is 1. The Hall–Kier alpha value is -0.820. The van der Waals surface area contributed by atoms with Crippen molar-refractivity contribution in [3.8, 4) is 0 Å². The van der Waals surface area contributed by atoms with E-state index in [1.54, 1.807) is 0 Å². The first-order valence-electron chi connectivity index (χ1n) is 6.81. The Labute approximate surface area is 139 Å². The number of halogens is 1. The smallest absolute Gasteiger partial charge is 0.193 e. The van der Waals surface area contributed by atoms with Crippen LogP contribution in [0.3, 0.4) is 0 Å². The second-order valence-electron chi connectivity index (χ2n) is 5.62. The van der Waals surface area contributed by atoms with Crippen LogP contribution in [0.2, 0.25) is 0 Å². The number of aryl methyl sites for hydroxylation is 1. The van der Waals surface area contributed by atoms with Gasteiger partial charge in [0.05, 0.1) is 6.54 Å². The summed E-state index contributed by atoms with van der Waals surface area (Å²) in [7, 11) is 0. The highest BCUT2D eigenvalue weighted by atomic mass is 127. The van der Waals surface area contributed by atoms with Crippen molar-refractivity contribution in [2.75, 3.05) is 18.4 Å². The van der Waals surface area contributed by atoms with Crippen molar-refractivity contribution in [1.29, 1.82) is 0 Å². The summed E-state index contributed by atoms with van der Waals surface area (Å²) in [6.07, 6.45) is 1.02. The summed E-state index contributed by atoms with van der Waals surface area (Å²) in [5, 5.41) is 6.48. The molecule has 1 aromatic carbocycles. The van der Waals surface area contributed by atoms with Gasteiger partial charge < -0.3 is 16.4 Å².